The SMILES string of the molecule is c1occ2c1SCCS2. The highest BCUT2D eigenvalue weighted by molar-refractivity contribution is 8.05. The van der Waals surface area contributed by atoms with Gasteiger partial charge in [-0.2, -0.15) is 0 Å². The minimum Gasteiger partial charge on any atom is -0.470 e. The molecule has 1 aliphatic heterocycles. The summed E-state index contributed by atoms with van der Waals surface area (Å²) in [5.74, 6) is 2.44. The van der Waals surface area contributed by atoms with Crippen LogP contribution in [0, 0.1) is 0 Å². The molecule has 1 aromatic rings. The van der Waals surface area contributed by atoms with Crippen LogP contribution in [0.5, 0.6) is 0 Å². The number of fused-ring (bicyclic) bond motifs is 1. The molecule has 0 N–H and O–H groups in total. The summed E-state index contributed by atoms with van der Waals surface area (Å²) in [7, 11) is 0. The maximum atomic E-state index is 5.03. The summed E-state index contributed by atoms with van der Waals surface area (Å²) in [6, 6.07) is 0. The third-order valence-corrected chi connectivity index (χ3v) is 3.65. The molecule has 9 heavy (non-hydrogen) atoms. The minimum absolute atomic E-state index is 1.22. The van der Waals surface area contributed by atoms with Crippen molar-refractivity contribution >= 4 is 23.5 Å². The molecule has 3 heteroatoms. The molecule has 0 aromatic carbocycles. The first-order valence-corrected chi connectivity index (χ1v) is 4.76. The quantitative estimate of drug-likeness (QED) is 0.576. The Morgan fingerprint density at radius 2 is 1.67 bits per heavy atom. The highest BCUT2D eigenvalue weighted by Crippen LogP contribution is 2.36. The van der Waals surface area contributed by atoms with Crippen LogP contribution in [0.3, 0.4) is 0 Å². The molecule has 48 valence electrons. The van der Waals surface area contributed by atoms with Crippen molar-refractivity contribution in [2.24, 2.45) is 0 Å². The molecular weight excluding hydrogens is 152 g/mol. The molecule has 0 bridgehead atoms. The summed E-state index contributed by atoms with van der Waals surface area (Å²) in [6.45, 7) is 0. The molecule has 0 aliphatic carbocycles. The van der Waals surface area contributed by atoms with Crippen molar-refractivity contribution in [1.29, 1.82) is 0 Å². The molecular formula is C6H6OS2. The van der Waals surface area contributed by atoms with Crippen LogP contribution in [0.4, 0.5) is 0 Å². The second-order valence-electron chi connectivity index (χ2n) is 1.80. The molecule has 0 spiro atoms. The molecule has 0 saturated heterocycles. The topological polar surface area (TPSA) is 13.1 Å². The van der Waals surface area contributed by atoms with E-state index in [9.17, 15) is 0 Å². The minimum atomic E-state index is 1.22. The Bertz CT molecular complexity index is 186. The first-order valence-electron chi connectivity index (χ1n) is 2.78. The lowest BCUT2D eigenvalue weighted by Gasteiger charge is -2.06. The van der Waals surface area contributed by atoms with Gasteiger partial charge in [0.2, 0.25) is 0 Å². The third-order valence-electron chi connectivity index (χ3n) is 1.19. The lowest BCUT2D eigenvalue weighted by Crippen LogP contribution is -1.89. The Kier molecular flexibility index (Phi) is 1.47. The predicted molar refractivity (Wildman–Crippen MR) is 40.2 cm³/mol. The third kappa shape index (κ3) is 0.990. The molecule has 1 nitrogen and oxygen atoms in total. The molecule has 0 atom stereocenters. The Hall–Kier alpha value is -0.0200. The van der Waals surface area contributed by atoms with Crippen LogP contribution in [0.1, 0.15) is 0 Å². The first-order chi connectivity index (χ1) is 4.47. The average molecular weight is 158 g/mol. The fraction of sp³-hybridized carbons (Fsp3) is 0.333. The van der Waals surface area contributed by atoms with Gasteiger partial charge in [-0.15, -0.1) is 23.5 Å². The van der Waals surface area contributed by atoms with Gasteiger partial charge in [0, 0.05) is 11.5 Å². The van der Waals surface area contributed by atoms with Gasteiger partial charge in [-0.05, 0) is 0 Å². The Balaban J connectivity index is 2.39. The van der Waals surface area contributed by atoms with E-state index in [1.807, 2.05) is 36.1 Å². The van der Waals surface area contributed by atoms with Crippen LogP contribution < -0.4 is 0 Å². The van der Waals surface area contributed by atoms with E-state index in [0.717, 1.165) is 0 Å². The standard InChI is InChI=1S/C6H6OS2/c1-2-9-6-4-7-3-5(6)8-1/h3-4H,1-2H2. The summed E-state index contributed by atoms with van der Waals surface area (Å²) < 4.78 is 5.03. The molecule has 0 radical (unpaired) electrons. The predicted octanol–water partition coefficient (Wildman–Crippen LogP) is 2.48. The van der Waals surface area contributed by atoms with Gasteiger partial charge < -0.3 is 4.42 Å². The van der Waals surface area contributed by atoms with Crippen LogP contribution in [0.15, 0.2) is 26.7 Å². The zero-order chi connectivity index (χ0) is 6.10. The van der Waals surface area contributed by atoms with Gasteiger partial charge in [0.25, 0.3) is 0 Å². The van der Waals surface area contributed by atoms with E-state index in [0.29, 0.717) is 0 Å². The number of rotatable bonds is 0. The lowest BCUT2D eigenvalue weighted by molar-refractivity contribution is 0.558. The van der Waals surface area contributed by atoms with E-state index in [2.05, 4.69) is 0 Å². The van der Waals surface area contributed by atoms with E-state index < -0.39 is 0 Å². The summed E-state index contributed by atoms with van der Waals surface area (Å²) >= 11 is 3.76. The highest BCUT2D eigenvalue weighted by atomic mass is 32.2. The maximum Gasteiger partial charge on any atom is 0.105 e. The lowest BCUT2D eigenvalue weighted by atomic mass is 10.7. The van der Waals surface area contributed by atoms with Crippen molar-refractivity contribution in [3.8, 4) is 0 Å². The fourth-order valence-corrected chi connectivity index (χ4v) is 2.88. The molecule has 0 fully saturated rings. The Labute approximate surface area is 62.2 Å². The molecule has 2 rings (SSSR count). The second-order valence-corrected chi connectivity index (χ2v) is 4.07. The smallest absolute Gasteiger partial charge is 0.105 e. The van der Waals surface area contributed by atoms with Crippen molar-refractivity contribution < 1.29 is 4.42 Å². The molecule has 1 aromatic heterocycles. The van der Waals surface area contributed by atoms with Crippen LogP contribution in [0.25, 0.3) is 0 Å². The van der Waals surface area contributed by atoms with Crippen molar-refractivity contribution in [2.75, 3.05) is 11.5 Å². The molecule has 2 heterocycles. The normalized spacial score (nSPS) is 17.3. The van der Waals surface area contributed by atoms with E-state index >= 15 is 0 Å². The van der Waals surface area contributed by atoms with Gasteiger partial charge in [-0.3, -0.25) is 0 Å². The van der Waals surface area contributed by atoms with Crippen molar-refractivity contribution in [1.82, 2.24) is 0 Å². The number of hydrogen-bond donors (Lipinski definition) is 0. The van der Waals surface area contributed by atoms with Crippen LogP contribution >= 0.6 is 23.5 Å². The summed E-state index contributed by atoms with van der Waals surface area (Å²) in [5, 5.41) is 0. The van der Waals surface area contributed by atoms with Gasteiger partial charge >= 0.3 is 0 Å². The Morgan fingerprint density at radius 1 is 1.11 bits per heavy atom. The van der Waals surface area contributed by atoms with Crippen molar-refractivity contribution in [2.45, 2.75) is 9.79 Å². The number of furan rings is 1. The van der Waals surface area contributed by atoms with E-state index in [-0.39, 0.29) is 0 Å². The molecule has 0 saturated carbocycles. The number of thioether (sulfide) groups is 2. The zero-order valence-electron chi connectivity index (χ0n) is 4.79. The molecule has 1 aliphatic rings. The monoisotopic (exact) mass is 158 g/mol. The Morgan fingerprint density at radius 3 is 2.22 bits per heavy atom. The van der Waals surface area contributed by atoms with Crippen molar-refractivity contribution in [3.63, 3.8) is 0 Å². The van der Waals surface area contributed by atoms with E-state index in [4.69, 9.17) is 4.42 Å². The van der Waals surface area contributed by atoms with Gasteiger partial charge in [-0.1, -0.05) is 0 Å². The van der Waals surface area contributed by atoms with E-state index in [1.54, 1.807) is 0 Å². The highest BCUT2D eigenvalue weighted by Gasteiger charge is 2.10. The van der Waals surface area contributed by atoms with E-state index in [1.165, 1.54) is 21.3 Å². The van der Waals surface area contributed by atoms with Crippen LogP contribution in [-0.4, -0.2) is 11.5 Å². The van der Waals surface area contributed by atoms with Gasteiger partial charge in [-0.25, -0.2) is 0 Å². The van der Waals surface area contributed by atoms with Crippen LogP contribution in [0.2, 0.25) is 0 Å². The average Bonchev–Trinajstić information content (AvgIpc) is 2.33. The summed E-state index contributed by atoms with van der Waals surface area (Å²) in [6.07, 6.45) is 3.65. The first kappa shape index (κ1) is 5.74. The van der Waals surface area contributed by atoms with Crippen LogP contribution in [-0.2, 0) is 0 Å². The number of hydrogen-bond acceptors (Lipinski definition) is 3. The fourth-order valence-electron chi connectivity index (χ4n) is 0.787. The van der Waals surface area contributed by atoms with Crippen molar-refractivity contribution in [3.05, 3.63) is 12.5 Å². The zero-order valence-corrected chi connectivity index (χ0v) is 6.43. The van der Waals surface area contributed by atoms with Gasteiger partial charge in [0.15, 0.2) is 0 Å². The largest absolute Gasteiger partial charge is 0.470 e. The summed E-state index contributed by atoms with van der Waals surface area (Å²) in [4.78, 5) is 2.62. The second kappa shape index (κ2) is 2.31. The molecule has 0 amide bonds. The van der Waals surface area contributed by atoms with Gasteiger partial charge in [0.1, 0.15) is 12.5 Å². The van der Waals surface area contributed by atoms with Gasteiger partial charge in [0.05, 0.1) is 9.79 Å². The summed E-state index contributed by atoms with van der Waals surface area (Å²) in [5.41, 5.74) is 0. The molecule has 0 unspecified atom stereocenters. The maximum absolute atomic E-state index is 5.03.